The Bertz CT molecular complexity index is 1020. The fraction of sp³-hybridized carbons (Fsp3) is 0.458. The number of hydrogen-bond acceptors (Lipinski definition) is 4. The van der Waals surface area contributed by atoms with Crippen molar-refractivity contribution in [2.45, 2.75) is 63.8 Å². The zero-order valence-electron chi connectivity index (χ0n) is 19.7. The van der Waals surface area contributed by atoms with Gasteiger partial charge >= 0.3 is 18.5 Å². The van der Waals surface area contributed by atoms with Gasteiger partial charge in [0, 0.05) is 24.3 Å². The number of nitrogens with one attached hydrogen (secondary N) is 2. The monoisotopic (exact) mass is 544 g/mol. The molecule has 206 valence electrons. The van der Waals surface area contributed by atoms with Crippen molar-refractivity contribution in [3.8, 4) is 0 Å². The summed E-state index contributed by atoms with van der Waals surface area (Å²) >= 11 is 0. The molecule has 0 aromatic heterocycles. The molecule has 0 radical (unpaired) electrons. The highest BCUT2D eigenvalue weighted by Crippen LogP contribution is 2.39. The number of rotatable bonds is 6. The third kappa shape index (κ3) is 8.54. The molecule has 13 heteroatoms. The highest BCUT2D eigenvalue weighted by molar-refractivity contribution is 5.57. The van der Waals surface area contributed by atoms with Crippen LogP contribution in [0.2, 0.25) is 0 Å². The first-order chi connectivity index (χ1) is 17.1. The largest absolute Gasteiger partial charge is 0.468 e. The van der Waals surface area contributed by atoms with Crippen LogP contribution in [0.1, 0.15) is 60.5 Å². The summed E-state index contributed by atoms with van der Waals surface area (Å²) in [6.45, 7) is 4.13. The van der Waals surface area contributed by atoms with E-state index in [1.165, 1.54) is 6.07 Å². The van der Waals surface area contributed by atoms with E-state index in [-0.39, 0.29) is 29.8 Å². The van der Waals surface area contributed by atoms with Gasteiger partial charge in [-0.1, -0.05) is 6.92 Å². The van der Waals surface area contributed by atoms with Crippen molar-refractivity contribution in [3.63, 3.8) is 0 Å². The van der Waals surface area contributed by atoms with E-state index in [1.54, 1.807) is 6.92 Å². The second kappa shape index (κ2) is 12.1. The molecule has 0 aliphatic carbocycles. The van der Waals surface area contributed by atoms with Gasteiger partial charge in [-0.25, -0.2) is 0 Å². The third-order valence-corrected chi connectivity index (χ3v) is 5.56. The molecule has 2 aromatic carbocycles. The first kappa shape index (κ1) is 30.3. The molecule has 1 aliphatic rings. The molecule has 2 aromatic rings. The standard InChI is InChI=1S/C21H19F9N2.C3H6O2/c1-2-15-9-18(16-8-12(19(22,23)24)3-4-17(16)32-15)31-10-11-5-13(20(25,26)27)7-14(6-11)21(28,29)30;1-2-5-3-4/h3-8,15,18,31-32H,2,9-10H2,1H3;3H,2H2,1H3/t15-,18+;/m1./s1. The maximum Gasteiger partial charge on any atom is 0.416 e. The number of anilines is 1. The van der Waals surface area contributed by atoms with Crippen LogP contribution >= 0.6 is 0 Å². The molecule has 1 aliphatic heterocycles. The van der Waals surface area contributed by atoms with E-state index >= 15 is 0 Å². The fourth-order valence-corrected chi connectivity index (χ4v) is 3.74. The lowest BCUT2D eigenvalue weighted by Gasteiger charge is -2.34. The van der Waals surface area contributed by atoms with E-state index in [2.05, 4.69) is 15.4 Å². The van der Waals surface area contributed by atoms with Gasteiger partial charge in [0.15, 0.2) is 0 Å². The average Bonchev–Trinajstić information content (AvgIpc) is 2.81. The number of ether oxygens (including phenoxy) is 1. The van der Waals surface area contributed by atoms with Crippen molar-refractivity contribution in [3.05, 3.63) is 64.2 Å². The molecule has 2 atom stereocenters. The van der Waals surface area contributed by atoms with Crippen molar-refractivity contribution in [2.75, 3.05) is 11.9 Å². The molecule has 0 spiro atoms. The first-order valence-corrected chi connectivity index (χ1v) is 11.1. The zero-order chi connectivity index (χ0) is 28.0. The van der Waals surface area contributed by atoms with E-state index in [0.717, 1.165) is 12.1 Å². The topological polar surface area (TPSA) is 50.4 Å². The normalized spacial score (nSPS) is 17.7. The number of carbonyl (C=O) groups is 1. The average molecular weight is 544 g/mol. The minimum absolute atomic E-state index is 0.0338. The van der Waals surface area contributed by atoms with Gasteiger partial charge in [-0.2, -0.15) is 39.5 Å². The predicted molar refractivity (Wildman–Crippen MR) is 117 cm³/mol. The summed E-state index contributed by atoms with van der Waals surface area (Å²) in [4.78, 5) is 9.18. The number of carbonyl (C=O) groups excluding carboxylic acids is 1. The molecule has 0 saturated carbocycles. The number of halogens is 9. The summed E-state index contributed by atoms with van der Waals surface area (Å²) in [6.07, 6.45) is -13.6. The Balaban J connectivity index is 0.000000877. The summed E-state index contributed by atoms with van der Waals surface area (Å²) in [5.41, 5.74) is -3.35. The predicted octanol–water partition coefficient (Wildman–Crippen LogP) is 7.35. The van der Waals surface area contributed by atoms with Crippen molar-refractivity contribution >= 4 is 12.2 Å². The van der Waals surface area contributed by atoms with Gasteiger partial charge in [0.1, 0.15) is 0 Å². The van der Waals surface area contributed by atoms with Crippen molar-refractivity contribution in [1.29, 1.82) is 0 Å². The number of alkyl halides is 9. The van der Waals surface area contributed by atoms with Crippen LogP contribution in [-0.2, 0) is 34.6 Å². The van der Waals surface area contributed by atoms with Crippen LogP contribution in [0.15, 0.2) is 36.4 Å². The van der Waals surface area contributed by atoms with Crippen LogP contribution in [0.4, 0.5) is 45.2 Å². The van der Waals surface area contributed by atoms with Crippen LogP contribution in [0.5, 0.6) is 0 Å². The van der Waals surface area contributed by atoms with Crippen molar-refractivity contribution in [2.24, 2.45) is 0 Å². The summed E-state index contributed by atoms with van der Waals surface area (Å²) in [6, 6.07) is 3.57. The Morgan fingerprint density at radius 2 is 1.46 bits per heavy atom. The van der Waals surface area contributed by atoms with Crippen LogP contribution < -0.4 is 10.6 Å². The van der Waals surface area contributed by atoms with E-state index < -0.39 is 41.3 Å². The molecule has 0 unspecified atom stereocenters. The Morgan fingerprint density at radius 1 is 0.892 bits per heavy atom. The fourth-order valence-electron chi connectivity index (χ4n) is 3.74. The quantitative estimate of drug-likeness (QED) is 0.295. The van der Waals surface area contributed by atoms with E-state index in [9.17, 15) is 44.3 Å². The number of benzene rings is 2. The van der Waals surface area contributed by atoms with Gasteiger partial charge in [-0.05, 0) is 67.3 Å². The second-order valence-corrected chi connectivity index (χ2v) is 8.18. The molecule has 0 amide bonds. The molecular formula is C24H25F9N2O2. The highest BCUT2D eigenvalue weighted by atomic mass is 19.4. The van der Waals surface area contributed by atoms with Gasteiger partial charge in [-0.3, -0.25) is 4.79 Å². The summed E-state index contributed by atoms with van der Waals surface area (Å²) in [5.74, 6) is 0. The Morgan fingerprint density at radius 3 is 1.89 bits per heavy atom. The molecule has 0 bridgehead atoms. The zero-order valence-corrected chi connectivity index (χ0v) is 19.7. The molecule has 1 heterocycles. The lowest BCUT2D eigenvalue weighted by atomic mass is 9.90. The minimum Gasteiger partial charge on any atom is -0.468 e. The van der Waals surface area contributed by atoms with Crippen molar-refractivity contribution < 1.29 is 49.0 Å². The van der Waals surface area contributed by atoms with Crippen molar-refractivity contribution in [1.82, 2.24) is 5.32 Å². The Labute approximate surface area is 207 Å². The van der Waals surface area contributed by atoms with Crippen LogP contribution in [0.3, 0.4) is 0 Å². The maximum absolute atomic E-state index is 13.1. The van der Waals surface area contributed by atoms with Crippen LogP contribution in [0, 0.1) is 0 Å². The van der Waals surface area contributed by atoms with E-state index in [0.29, 0.717) is 43.7 Å². The summed E-state index contributed by atoms with van der Waals surface area (Å²) < 4.78 is 122. The lowest BCUT2D eigenvalue weighted by molar-refractivity contribution is -0.143. The SMILES string of the molecule is CCOC=O.CC[C@@H]1C[C@H](NCc2cc(C(F)(F)F)cc(C(F)(F)F)c2)c2cc(C(F)(F)F)ccc2N1. The molecule has 2 N–H and O–H groups in total. The van der Waals surface area contributed by atoms with Gasteiger partial charge < -0.3 is 15.4 Å². The lowest BCUT2D eigenvalue weighted by Crippen LogP contribution is -2.34. The molecule has 0 fully saturated rings. The highest BCUT2D eigenvalue weighted by Gasteiger charge is 2.37. The van der Waals surface area contributed by atoms with Crippen LogP contribution in [-0.4, -0.2) is 19.1 Å². The summed E-state index contributed by atoms with van der Waals surface area (Å²) in [5, 5.41) is 5.96. The number of fused-ring (bicyclic) bond motifs is 1. The minimum atomic E-state index is -4.98. The Hall–Kier alpha value is -2.96. The van der Waals surface area contributed by atoms with Crippen LogP contribution in [0.25, 0.3) is 0 Å². The molecule has 0 saturated heterocycles. The van der Waals surface area contributed by atoms with Gasteiger partial charge in [-0.15, -0.1) is 0 Å². The Kier molecular flexibility index (Phi) is 9.86. The third-order valence-electron chi connectivity index (χ3n) is 5.56. The number of hydrogen-bond donors (Lipinski definition) is 2. The first-order valence-electron chi connectivity index (χ1n) is 11.1. The van der Waals surface area contributed by atoms with Gasteiger partial charge in [0.05, 0.1) is 23.3 Å². The van der Waals surface area contributed by atoms with Gasteiger partial charge in [0.25, 0.3) is 6.47 Å². The van der Waals surface area contributed by atoms with Gasteiger partial charge in [0.2, 0.25) is 0 Å². The molecule has 4 nitrogen and oxygen atoms in total. The molecule has 37 heavy (non-hydrogen) atoms. The van der Waals surface area contributed by atoms with E-state index in [1.807, 2.05) is 6.92 Å². The second-order valence-electron chi connectivity index (χ2n) is 8.18. The van der Waals surface area contributed by atoms with E-state index in [4.69, 9.17) is 0 Å². The maximum atomic E-state index is 13.1. The summed E-state index contributed by atoms with van der Waals surface area (Å²) in [7, 11) is 0. The smallest absolute Gasteiger partial charge is 0.416 e. The molecular weight excluding hydrogens is 519 g/mol. The molecule has 3 rings (SSSR count).